The van der Waals surface area contributed by atoms with Gasteiger partial charge in [0, 0.05) is 76.8 Å². The van der Waals surface area contributed by atoms with Gasteiger partial charge in [-0.15, -0.1) is 6.58 Å². The van der Waals surface area contributed by atoms with Crippen LogP contribution >= 0.6 is 0 Å². The van der Waals surface area contributed by atoms with Crippen molar-refractivity contribution in [2.24, 2.45) is 5.84 Å². The van der Waals surface area contributed by atoms with Gasteiger partial charge in [0.1, 0.15) is 29.7 Å². The molecular formula is C32H45FN8O4. The average Bonchev–Trinajstić information content (AvgIpc) is 2.97. The topological polar surface area (TPSA) is 139 Å². The van der Waals surface area contributed by atoms with Gasteiger partial charge in [-0.3, -0.25) is 20.3 Å². The minimum absolute atomic E-state index is 0.0762. The lowest BCUT2D eigenvalue weighted by Crippen LogP contribution is -2.64. The number of rotatable bonds is 15. The van der Waals surface area contributed by atoms with E-state index in [4.69, 9.17) is 10.8 Å². The molecule has 2 saturated heterocycles. The van der Waals surface area contributed by atoms with Crippen LogP contribution in [0.2, 0.25) is 0 Å². The highest BCUT2D eigenvalue weighted by atomic mass is 19.1. The molecule has 0 radical (unpaired) electrons. The van der Waals surface area contributed by atoms with Crippen LogP contribution in [-0.2, 0) is 27.3 Å². The predicted molar refractivity (Wildman–Crippen MR) is 170 cm³/mol. The maximum atomic E-state index is 14.7. The number of aromatic nitrogens is 1. The highest BCUT2D eigenvalue weighted by Crippen LogP contribution is 2.25. The minimum Gasteiger partial charge on any atom is -0.508 e. The number of phenolic OH excluding ortho intramolecular Hbond substituents is 1. The van der Waals surface area contributed by atoms with Gasteiger partial charge in [0.15, 0.2) is 0 Å². The number of nitrogens with two attached hydrogens (primary N) is 1. The Balaban J connectivity index is 1.48. The summed E-state index contributed by atoms with van der Waals surface area (Å²) in [4.78, 5) is 51.6. The van der Waals surface area contributed by atoms with Gasteiger partial charge in [0.2, 0.25) is 11.8 Å². The van der Waals surface area contributed by atoms with Gasteiger partial charge in [-0.2, -0.15) is 0 Å². The lowest BCUT2D eigenvalue weighted by atomic mass is 10.0. The van der Waals surface area contributed by atoms with Crippen molar-refractivity contribution in [3.05, 3.63) is 66.1 Å². The van der Waals surface area contributed by atoms with Crippen molar-refractivity contribution in [3.63, 3.8) is 0 Å². The molecule has 2 atom stereocenters. The summed E-state index contributed by atoms with van der Waals surface area (Å²) in [5, 5.41) is 13.6. The Kier molecular flexibility index (Phi) is 12.0. The summed E-state index contributed by atoms with van der Waals surface area (Å²) in [5.41, 5.74) is 0.767. The maximum Gasteiger partial charge on any atom is 0.245 e. The number of phenols is 1. The zero-order valence-electron chi connectivity index (χ0n) is 26.1. The third-order valence-electron chi connectivity index (χ3n) is 8.47. The molecule has 0 spiro atoms. The molecule has 4 rings (SSSR count). The maximum absolute atomic E-state index is 14.7. The van der Waals surface area contributed by atoms with Crippen LogP contribution in [0.25, 0.3) is 0 Å². The second-order valence-electron chi connectivity index (χ2n) is 11.9. The first-order chi connectivity index (χ1) is 21.6. The Morgan fingerprint density at radius 1 is 1.24 bits per heavy atom. The molecule has 0 bridgehead atoms. The van der Waals surface area contributed by atoms with Crippen LogP contribution < -0.4 is 16.1 Å². The van der Waals surface area contributed by atoms with E-state index in [1.54, 1.807) is 0 Å². The number of aromatic hydroxyl groups is 1. The Labute approximate surface area is 264 Å². The van der Waals surface area contributed by atoms with Crippen molar-refractivity contribution in [3.8, 4) is 5.75 Å². The fourth-order valence-electron chi connectivity index (χ4n) is 5.68. The van der Waals surface area contributed by atoms with Crippen LogP contribution in [0.15, 0.2) is 49.1 Å². The number of nitrogens with zero attached hydrogens (tertiary/aromatic N) is 6. The van der Waals surface area contributed by atoms with E-state index < -0.39 is 23.7 Å². The summed E-state index contributed by atoms with van der Waals surface area (Å²) >= 11 is 0. The summed E-state index contributed by atoms with van der Waals surface area (Å²) in [6, 6.07) is 9.13. The monoisotopic (exact) mass is 624 g/mol. The Hall–Kier alpha value is -3.91. The Morgan fingerprint density at radius 2 is 2.02 bits per heavy atom. The van der Waals surface area contributed by atoms with E-state index in [1.165, 1.54) is 28.1 Å². The van der Waals surface area contributed by atoms with Crippen molar-refractivity contribution >= 4 is 23.9 Å². The average molecular weight is 625 g/mol. The van der Waals surface area contributed by atoms with E-state index in [2.05, 4.69) is 40.6 Å². The van der Waals surface area contributed by atoms with Crippen LogP contribution in [0.3, 0.4) is 0 Å². The number of nitrogens with one attached hydrogen (secondary N) is 1. The van der Waals surface area contributed by atoms with Crippen molar-refractivity contribution in [1.29, 1.82) is 0 Å². The van der Waals surface area contributed by atoms with Gasteiger partial charge >= 0.3 is 0 Å². The fraction of sp³-hybridized carbons (Fsp3) is 0.500. The molecule has 244 valence electrons. The number of carbonyl (C=O) groups is 3. The molecule has 2 amide bonds. The molecule has 3 heterocycles. The number of hydrogen-bond acceptors (Lipinski definition) is 10. The van der Waals surface area contributed by atoms with Gasteiger partial charge in [-0.1, -0.05) is 18.2 Å². The number of halogens is 1. The SMILES string of the molecule is C=CCN(N)CC(=O)N[C@@H](Cc1ccc(O)cc1F)C(=O)N(CCC=O)Cc1cccc(N2CC(N3CCN(C)[C@@H](C)C3)C2)n1. The summed E-state index contributed by atoms with van der Waals surface area (Å²) in [7, 11) is 2.16. The number of benzene rings is 1. The molecule has 13 heteroatoms. The van der Waals surface area contributed by atoms with Gasteiger partial charge < -0.3 is 29.9 Å². The molecule has 2 fully saturated rings. The largest absolute Gasteiger partial charge is 0.508 e. The molecule has 0 saturated carbocycles. The molecule has 2 aliphatic rings. The van der Waals surface area contributed by atoms with Crippen LogP contribution in [0, 0.1) is 5.82 Å². The van der Waals surface area contributed by atoms with E-state index in [0.29, 0.717) is 17.8 Å². The number of likely N-dealkylation sites (N-methyl/N-ethyl adjacent to an activating group) is 1. The zero-order valence-corrected chi connectivity index (χ0v) is 26.1. The number of amides is 2. The van der Waals surface area contributed by atoms with Crippen molar-refractivity contribution in [2.75, 3.05) is 64.3 Å². The smallest absolute Gasteiger partial charge is 0.245 e. The second kappa shape index (κ2) is 15.9. The lowest BCUT2D eigenvalue weighted by molar-refractivity contribution is -0.137. The number of hydrogen-bond donors (Lipinski definition) is 3. The van der Waals surface area contributed by atoms with Gasteiger partial charge in [0.25, 0.3) is 0 Å². The number of piperazine rings is 1. The molecule has 2 aromatic rings. The van der Waals surface area contributed by atoms with Gasteiger partial charge in [-0.25, -0.2) is 14.4 Å². The summed E-state index contributed by atoms with van der Waals surface area (Å²) in [5.74, 6) is 4.66. The van der Waals surface area contributed by atoms with Crippen LogP contribution in [0.5, 0.6) is 5.75 Å². The standard InChI is InChI=1S/C32H45FN8O4/c1-4-11-41(34)22-31(44)36-29(16-24-9-10-27(43)17-28(24)33)32(45)39(12-6-15-42)19-25-7-5-8-30(35-25)40-20-26(21-40)38-14-13-37(3)23(2)18-38/h4-5,7-10,15,17,23,26,29,43H,1,6,11-14,16,18-22,34H2,2-3H3,(H,36,44)/t23-,29-/m0/s1. The highest BCUT2D eigenvalue weighted by molar-refractivity contribution is 5.88. The predicted octanol–water partition coefficient (Wildman–Crippen LogP) is 0.758. The normalized spacial score (nSPS) is 18.3. The number of hydrazine groups is 1. The molecule has 0 aliphatic carbocycles. The van der Waals surface area contributed by atoms with E-state index in [9.17, 15) is 23.9 Å². The molecule has 12 nitrogen and oxygen atoms in total. The molecule has 1 aromatic heterocycles. The van der Waals surface area contributed by atoms with Crippen LogP contribution in [-0.4, -0.2) is 125 Å². The first-order valence-corrected chi connectivity index (χ1v) is 15.3. The zero-order chi connectivity index (χ0) is 32.5. The van der Waals surface area contributed by atoms with Crippen molar-refractivity contribution in [2.45, 2.75) is 44.4 Å². The summed E-state index contributed by atoms with van der Waals surface area (Å²) in [6.07, 6.45) is 2.16. The quantitative estimate of drug-likeness (QED) is 0.113. The Bertz CT molecular complexity index is 1340. The van der Waals surface area contributed by atoms with Gasteiger partial charge in [-0.05, 0) is 37.7 Å². The molecule has 2 aliphatic heterocycles. The van der Waals surface area contributed by atoms with Crippen LogP contribution in [0.4, 0.5) is 10.2 Å². The van der Waals surface area contributed by atoms with E-state index in [1.807, 2.05) is 18.2 Å². The van der Waals surface area contributed by atoms with Crippen LogP contribution in [0.1, 0.15) is 24.6 Å². The number of anilines is 1. The number of aldehydes is 1. The van der Waals surface area contributed by atoms with Crippen molar-refractivity contribution < 1.29 is 23.9 Å². The molecule has 4 N–H and O–H groups in total. The number of pyridine rings is 1. The second-order valence-corrected chi connectivity index (χ2v) is 11.9. The molecular weight excluding hydrogens is 579 g/mol. The van der Waals surface area contributed by atoms with Crippen molar-refractivity contribution in [1.82, 2.24) is 30.0 Å². The third-order valence-corrected chi connectivity index (χ3v) is 8.47. The van der Waals surface area contributed by atoms with Gasteiger partial charge in [0.05, 0.1) is 18.8 Å². The summed E-state index contributed by atoms with van der Waals surface area (Å²) in [6.45, 7) is 11.0. The lowest BCUT2D eigenvalue weighted by Gasteiger charge is -2.49. The molecule has 45 heavy (non-hydrogen) atoms. The van der Waals surface area contributed by atoms with E-state index >= 15 is 0 Å². The summed E-state index contributed by atoms with van der Waals surface area (Å²) < 4.78 is 14.7. The third kappa shape index (κ3) is 9.30. The first-order valence-electron chi connectivity index (χ1n) is 15.3. The minimum atomic E-state index is -1.16. The van der Waals surface area contributed by atoms with E-state index in [0.717, 1.165) is 50.9 Å². The fourth-order valence-corrected chi connectivity index (χ4v) is 5.68. The van der Waals surface area contributed by atoms with E-state index in [-0.39, 0.29) is 50.3 Å². The highest BCUT2D eigenvalue weighted by Gasteiger charge is 2.35. The number of carbonyl (C=O) groups excluding carboxylic acids is 3. The Morgan fingerprint density at radius 3 is 2.71 bits per heavy atom. The first kappa shape index (κ1) is 34.0. The molecule has 0 unspecified atom stereocenters. The molecule has 1 aromatic carbocycles.